The first-order chi connectivity index (χ1) is 18.4. The molecule has 0 saturated heterocycles. The minimum Gasteiger partial charge on any atom is -0.529 e. The average Bonchev–Trinajstić information content (AvgIpc) is 3.42. The number of hydrogen-bond donors (Lipinski definition) is 0. The van der Waals surface area contributed by atoms with Crippen LogP contribution in [0.25, 0.3) is 16.5 Å². The lowest BCUT2D eigenvalue weighted by atomic mass is 9.99. The fourth-order valence-electron chi connectivity index (χ4n) is 4.51. The molecule has 0 atom stereocenters. The van der Waals surface area contributed by atoms with Crippen LogP contribution >= 0.6 is 0 Å². The van der Waals surface area contributed by atoms with Gasteiger partial charge in [0, 0.05) is 30.3 Å². The summed E-state index contributed by atoms with van der Waals surface area (Å²) in [4.78, 5) is 39.5. The van der Waals surface area contributed by atoms with Gasteiger partial charge in [0.1, 0.15) is 24.7 Å². The van der Waals surface area contributed by atoms with Crippen molar-refractivity contribution < 1.29 is 33.7 Å². The van der Waals surface area contributed by atoms with Crippen molar-refractivity contribution in [3.63, 3.8) is 0 Å². The van der Waals surface area contributed by atoms with Crippen molar-refractivity contribution in [2.24, 2.45) is 0 Å². The second-order valence-corrected chi connectivity index (χ2v) is 8.70. The zero-order valence-electron chi connectivity index (χ0n) is 20.0. The number of para-hydroxylation sites is 2. The summed E-state index contributed by atoms with van der Waals surface area (Å²) in [6, 6.07) is 21.3. The fourth-order valence-corrected chi connectivity index (χ4v) is 4.51. The van der Waals surface area contributed by atoms with Gasteiger partial charge < -0.3 is 28.7 Å². The molecule has 0 fully saturated rings. The highest BCUT2D eigenvalue weighted by Crippen LogP contribution is 2.41. The Morgan fingerprint density at radius 2 is 1.63 bits per heavy atom. The third kappa shape index (κ3) is 3.77. The van der Waals surface area contributed by atoms with E-state index in [4.69, 9.17) is 14.2 Å². The fraction of sp³-hybridized carbons (Fsp3) is 0.0690. The maximum atomic E-state index is 13.3. The smallest absolute Gasteiger partial charge is 0.265 e. The molecule has 9 nitrogen and oxygen atoms in total. The molecule has 2 aliphatic heterocycles. The Hall–Kier alpha value is -5.31. The van der Waals surface area contributed by atoms with Gasteiger partial charge >= 0.3 is 0 Å². The van der Waals surface area contributed by atoms with Gasteiger partial charge in [0.15, 0.2) is 17.3 Å². The summed E-state index contributed by atoms with van der Waals surface area (Å²) in [6.07, 6.45) is 1.02. The molecule has 0 N–H and O–H groups in total. The molecular weight excluding hydrogens is 488 g/mol. The van der Waals surface area contributed by atoms with Crippen molar-refractivity contribution in [2.75, 3.05) is 7.05 Å². The van der Waals surface area contributed by atoms with Crippen molar-refractivity contribution in [1.29, 1.82) is 0 Å². The van der Waals surface area contributed by atoms with E-state index in [0.29, 0.717) is 22.6 Å². The summed E-state index contributed by atoms with van der Waals surface area (Å²) < 4.78 is 18.3. The molecule has 0 aliphatic carbocycles. The third-order valence-corrected chi connectivity index (χ3v) is 6.39. The van der Waals surface area contributed by atoms with Gasteiger partial charge in [-0.3, -0.25) is 14.5 Å². The number of carbonyl (C=O) groups excluding carboxylic acids is 3. The van der Waals surface area contributed by atoms with E-state index >= 15 is 0 Å². The standard InChI is InChI=1S/C29H20N2O7/c1-30-27(32)25(26(28(30)33)24-16-37-22-9-5-6-10-23(22)38-24)20-14-31(29(34)35)21-13-18(11-12-19(20)21)36-15-17-7-3-2-4-8-17/h2-14,16H,15H2,1H3,(H,34,35)/p-1. The quantitative estimate of drug-likeness (QED) is 0.381. The number of nitrogens with zero attached hydrogens (tertiary/aromatic N) is 2. The van der Waals surface area contributed by atoms with Crippen LogP contribution in [0.3, 0.4) is 0 Å². The SMILES string of the molecule is CN1C(=O)C(C2=COc3ccccc3O2)=C(c2cn(C(=O)[O-])c3cc(OCc4ccccc4)ccc23)C1=O. The Kier molecular flexibility index (Phi) is 5.45. The molecule has 0 radical (unpaired) electrons. The summed E-state index contributed by atoms with van der Waals surface area (Å²) in [6.45, 7) is 0.283. The molecule has 0 spiro atoms. The number of amides is 2. The van der Waals surface area contributed by atoms with Crippen LogP contribution in [0.15, 0.2) is 96.6 Å². The lowest BCUT2D eigenvalue weighted by Gasteiger charge is -2.18. The van der Waals surface area contributed by atoms with Crippen LogP contribution in [0.5, 0.6) is 17.2 Å². The van der Waals surface area contributed by atoms with Gasteiger partial charge in [0.2, 0.25) is 0 Å². The van der Waals surface area contributed by atoms with Crippen LogP contribution in [-0.4, -0.2) is 34.4 Å². The van der Waals surface area contributed by atoms with Gasteiger partial charge in [0.25, 0.3) is 11.8 Å². The molecule has 38 heavy (non-hydrogen) atoms. The second-order valence-electron chi connectivity index (χ2n) is 8.70. The van der Waals surface area contributed by atoms with Crippen LogP contribution in [0, 0.1) is 0 Å². The van der Waals surface area contributed by atoms with E-state index in [1.165, 1.54) is 19.5 Å². The van der Waals surface area contributed by atoms with E-state index in [2.05, 4.69) is 0 Å². The summed E-state index contributed by atoms with van der Waals surface area (Å²) in [5.41, 5.74) is 1.39. The van der Waals surface area contributed by atoms with Crippen LogP contribution in [0.2, 0.25) is 0 Å². The van der Waals surface area contributed by atoms with E-state index in [1.807, 2.05) is 30.3 Å². The summed E-state index contributed by atoms with van der Waals surface area (Å²) >= 11 is 0. The number of imide groups is 1. The highest BCUT2D eigenvalue weighted by molar-refractivity contribution is 6.38. The van der Waals surface area contributed by atoms with Gasteiger partial charge in [-0.1, -0.05) is 42.5 Å². The molecule has 188 valence electrons. The molecule has 3 heterocycles. The van der Waals surface area contributed by atoms with Gasteiger partial charge in [-0.2, -0.15) is 0 Å². The lowest BCUT2D eigenvalue weighted by molar-refractivity contribution is -0.249. The number of fused-ring (bicyclic) bond motifs is 2. The van der Waals surface area contributed by atoms with Crippen LogP contribution in [0.1, 0.15) is 11.1 Å². The first-order valence-electron chi connectivity index (χ1n) is 11.7. The van der Waals surface area contributed by atoms with Crippen molar-refractivity contribution in [1.82, 2.24) is 9.47 Å². The van der Waals surface area contributed by atoms with E-state index in [-0.39, 0.29) is 34.6 Å². The first-order valence-corrected chi connectivity index (χ1v) is 11.7. The minimum atomic E-state index is -1.50. The maximum absolute atomic E-state index is 13.3. The molecular formula is C29H19N2O7-. The highest BCUT2D eigenvalue weighted by Gasteiger charge is 2.41. The maximum Gasteiger partial charge on any atom is 0.265 e. The van der Waals surface area contributed by atoms with Gasteiger partial charge in [-0.15, -0.1) is 0 Å². The summed E-state index contributed by atoms with van der Waals surface area (Å²) in [7, 11) is 1.35. The van der Waals surface area contributed by atoms with Crippen molar-refractivity contribution >= 4 is 34.4 Å². The van der Waals surface area contributed by atoms with E-state index < -0.39 is 17.9 Å². The van der Waals surface area contributed by atoms with Gasteiger partial charge in [0.05, 0.1) is 16.7 Å². The Bertz CT molecular complexity index is 1700. The Balaban J connectivity index is 1.46. The molecule has 0 saturated carbocycles. The van der Waals surface area contributed by atoms with Crippen LogP contribution in [0.4, 0.5) is 4.79 Å². The lowest BCUT2D eigenvalue weighted by Crippen LogP contribution is -2.28. The molecule has 9 heteroatoms. The molecule has 2 aliphatic rings. The van der Waals surface area contributed by atoms with E-state index in [1.54, 1.807) is 42.5 Å². The molecule has 3 aromatic carbocycles. The summed E-state index contributed by atoms with van der Waals surface area (Å²) in [5.74, 6) is 0.103. The number of carbonyl (C=O) groups is 3. The molecule has 4 aromatic rings. The second kappa shape index (κ2) is 8.97. The molecule has 0 bridgehead atoms. The minimum absolute atomic E-state index is 0.00492. The van der Waals surface area contributed by atoms with Crippen LogP contribution in [-0.2, 0) is 16.2 Å². The zero-order chi connectivity index (χ0) is 26.4. The number of carboxylic acid groups (broad SMARTS) is 1. The third-order valence-electron chi connectivity index (χ3n) is 6.39. The predicted octanol–water partition coefficient (Wildman–Crippen LogP) is 3.48. The summed E-state index contributed by atoms with van der Waals surface area (Å²) in [5, 5.41) is 12.5. The number of benzene rings is 3. The van der Waals surface area contributed by atoms with Gasteiger partial charge in [-0.25, -0.2) is 0 Å². The van der Waals surface area contributed by atoms with Crippen molar-refractivity contribution in [2.45, 2.75) is 6.61 Å². The number of rotatable bonds is 5. The molecule has 2 amide bonds. The van der Waals surface area contributed by atoms with E-state index in [9.17, 15) is 19.5 Å². The first kappa shape index (κ1) is 23.1. The molecule has 0 unspecified atom stereocenters. The number of likely N-dealkylation sites (N-methyl/N-ethyl adjacent to an activating group) is 1. The normalized spacial score (nSPS) is 14.8. The topological polar surface area (TPSA) is 110 Å². The Labute approximate surface area is 216 Å². The van der Waals surface area contributed by atoms with Crippen LogP contribution < -0.4 is 19.3 Å². The largest absolute Gasteiger partial charge is 0.529 e. The molecule has 1 aromatic heterocycles. The monoisotopic (exact) mass is 507 g/mol. The Morgan fingerprint density at radius 1 is 0.921 bits per heavy atom. The molecule has 6 rings (SSSR count). The Morgan fingerprint density at radius 3 is 2.39 bits per heavy atom. The van der Waals surface area contributed by atoms with Crippen molar-refractivity contribution in [3.05, 3.63) is 108 Å². The average molecular weight is 507 g/mol. The van der Waals surface area contributed by atoms with Crippen molar-refractivity contribution in [3.8, 4) is 17.2 Å². The van der Waals surface area contributed by atoms with E-state index in [0.717, 1.165) is 15.0 Å². The van der Waals surface area contributed by atoms with Gasteiger partial charge in [-0.05, 0) is 29.8 Å². The highest BCUT2D eigenvalue weighted by atomic mass is 16.6. The number of hydrogen-bond acceptors (Lipinski definition) is 7. The number of ether oxygens (including phenoxy) is 3. The zero-order valence-corrected chi connectivity index (χ0v) is 20.0. The predicted molar refractivity (Wildman–Crippen MR) is 134 cm³/mol. The number of aromatic nitrogens is 1.